The van der Waals surface area contributed by atoms with Crippen molar-refractivity contribution in [3.05, 3.63) is 64.2 Å². The molecule has 2 heterocycles. The van der Waals surface area contributed by atoms with Gasteiger partial charge in [0.2, 0.25) is 5.91 Å². The van der Waals surface area contributed by atoms with Crippen LogP contribution in [0, 0.1) is 0 Å². The number of carbonyl (C=O) groups is 1. The van der Waals surface area contributed by atoms with Crippen molar-refractivity contribution in [1.29, 1.82) is 0 Å². The molecule has 0 saturated carbocycles. The number of anilines is 1. The number of rotatable bonds is 3. The topological polar surface area (TPSA) is 35.6 Å². The summed E-state index contributed by atoms with van der Waals surface area (Å²) in [4.78, 5) is 16.2. The Bertz CT molecular complexity index is 827. The minimum atomic E-state index is 0. The van der Waals surface area contributed by atoms with Crippen LogP contribution in [0.5, 0.6) is 0 Å². The second-order valence-electron chi connectivity index (χ2n) is 7.16. The van der Waals surface area contributed by atoms with Crippen molar-refractivity contribution in [2.45, 2.75) is 25.4 Å². The minimum absolute atomic E-state index is 0. The number of hydrogen-bond donors (Lipinski definition) is 1. The molecule has 4 rings (SSSR count). The number of fused-ring (bicyclic) bond motifs is 1. The number of piperazine rings is 1. The van der Waals surface area contributed by atoms with Crippen LogP contribution in [-0.2, 0) is 17.8 Å². The van der Waals surface area contributed by atoms with Crippen molar-refractivity contribution >= 4 is 35.6 Å². The first-order valence-electron chi connectivity index (χ1n) is 9.20. The minimum Gasteiger partial charge on any atom is -0.315 e. The van der Waals surface area contributed by atoms with Crippen molar-refractivity contribution in [3.63, 3.8) is 0 Å². The molecule has 0 aliphatic carbocycles. The Morgan fingerprint density at radius 3 is 2.85 bits per heavy atom. The Balaban J connectivity index is 0.00000210. The third-order valence-electron chi connectivity index (χ3n) is 5.46. The molecule has 1 atom stereocenters. The first-order valence-corrected chi connectivity index (χ1v) is 9.58. The van der Waals surface area contributed by atoms with Gasteiger partial charge in [-0.1, -0.05) is 35.9 Å². The maximum absolute atomic E-state index is 11.9. The quantitative estimate of drug-likeness (QED) is 0.842. The van der Waals surface area contributed by atoms with Crippen LogP contribution in [0.15, 0.2) is 42.5 Å². The van der Waals surface area contributed by atoms with Crippen LogP contribution in [-0.4, -0.2) is 37.5 Å². The fourth-order valence-electron chi connectivity index (χ4n) is 4.02. The number of hydrogen-bond acceptors (Lipinski definition) is 3. The van der Waals surface area contributed by atoms with Crippen molar-refractivity contribution in [2.24, 2.45) is 0 Å². The molecular weight excluding hydrogens is 381 g/mol. The van der Waals surface area contributed by atoms with E-state index in [9.17, 15) is 4.79 Å². The summed E-state index contributed by atoms with van der Waals surface area (Å²) in [6.07, 6.45) is 1.44. The summed E-state index contributed by atoms with van der Waals surface area (Å²) < 4.78 is 0. The second-order valence-corrected chi connectivity index (χ2v) is 7.60. The predicted molar refractivity (Wildman–Crippen MR) is 113 cm³/mol. The fraction of sp³-hybridized carbons (Fsp3) is 0.381. The zero-order chi connectivity index (χ0) is 18.1. The van der Waals surface area contributed by atoms with Crippen molar-refractivity contribution in [2.75, 3.05) is 31.6 Å². The summed E-state index contributed by atoms with van der Waals surface area (Å²) in [5.74, 6) is 0.202. The molecule has 2 aromatic carbocycles. The van der Waals surface area contributed by atoms with Crippen LogP contribution < -0.4 is 10.2 Å². The van der Waals surface area contributed by atoms with Crippen LogP contribution in [0.25, 0.3) is 0 Å². The first kappa shape index (κ1) is 20.2. The molecule has 0 radical (unpaired) electrons. The van der Waals surface area contributed by atoms with Crippen LogP contribution in [0.4, 0.5) is 5.69 Å². The lowest BCUT2D eigenvalue weighted by molar-refractivity contribution is -0.118. The largest absolute Gasteiger partial charge is 0.315 e. The van der Waals surface area contributed by atoms with E-state index in [0.29, 0.717) is 12.5 Å². The van der Waals surface area contributed by atoms with Gasteiger partial charge in [0.25, 0.3) is 0 Å². The number of benzene rings is 2. The van der Waals surface area contributed by atoms with Gasteiger partial charge in [-0.15, -0.1) is 12.4 Å². The van der Waals surface area contributed by atoms with Gasteiger partial charge in [0.1, 0.15) is 0 Å². The van der Waals surface area contributed by atoms with Gasteiger partial charge in [0.15, 0.2) is 0 Å². The number of carbonyl (C=O) groups excluding carboxylic acids is 1. The van der Waals surface area contributed by atoms with Gasteiger partial charge < -0.3 is 10.2 Å². The lowest BCUT2D eigenvalue weighted by Gasteiger charge is -2.37. The third kappa shape index (κ3) is 4.30. The first-order chi connectivity index (χ1) is 12.6. The average molecular weight is 406 g/mol. The molecule has 1 unspecified atom stereocenters. The summed E-state index contributed by atoms with van der Waals surface area (Å²) in [5.41, 5.74) is 4.89. The Kier molecular flexibility index (Phi) is 6.43. The normalized spacial score (nSPS) is 20.1. The van der Waals surface area contributed by atoms with Gasteiger partial charge in [-0.25, -0.2) is 0 Å². The molecule has 2 aliphatic rings. The fourth-order valence-corrected chi connectivity index (χ4v) is 4.22. The van der Waals surface area contributed by atoms with E-state index in [1.165, 1.54) is 16.7 Å². The van der Waals surface area contributed by atoms with E-state index in [-0.39, 0.29) is 18.3 Å². The summed E-state index contributed by atoms with van der Waals surface area (Å²) >= 11 is 6.21. The van der Waals surface area contributed by atoms with E-state index in [1.54, 1.807) is 4.90 Å². The highest BCUT2D eigenvalue weighted by molar-refractivity contribution is 6.30. The van der Waals surface area contributed by atoms with E-state index in [2.05, 4.69) is 40.5 Å². The molecule has 0 aromatic heterocycles. The molecule has 2 aliphatic heterocycles. The number of nitrogens with zero attached hydrogens (tertiary/aromatic N) is 2. The summed E-state index contributed by atoms with van der Waals surface area (Å²) in [6, 6.07) is 15.0. The van der Waals surface area contributed by atoms with E-state index < -0.39 is 0 Å². The number of amides is 1. The molecule has 1 amide bonds. The van der Waals surface area contributed by atoms with Crippen molar-refractivity contribution in [1.82, 2.24) is 10.2 Å². The number of nitrogens with one attached hydrogen (secondary N) is 1. The highest BCUT2D eigenvalue weighted by Crippen LogP contribution is 2.30. The Labute approximate surface area is 171 Å². The summed E-state index contributed by atoms with van der Waals surface area (Å²) in [5, 5.41) is 4.29. The van der Waals surface area contributed by atoms with E-state index in [4.69, 9.17) is 11.6 Å². The second kappa shape index (κ2) is 8.61. The monoisotopic (exact) mass is 405 g/mol. The molecule has 144 valence electrons. The molecule has 0 bridgehead atoms. The van der Waals surface area contributed by atoms with Gasteiger partial charge in [-0.05, 0) is 41.3 Å². The smallest absolute Gasteiger partial charge is 0.227 e. The molecule has 2 aromatic rings. The Morgan fingerprint density at radius 2 is 2.04 bits per heavy atom. The molecule has 4 nitrogen and oxygen atoms in total. The Morgan fingerprint density at radius 1 is 1.19 bits per heavy atom. The van der Waals surface area contributed by atoms with E-state index >= 15 is 0 Å². The van der Waals surface area contributed by atoms with Crippen molar-refractivity contribution in [3.8, 4) is 0 Å². The van der Waals surface area contributed by atoms with Crippen molar-refractivity contribution < 1.29 is 4.79 Å². The van der Waals surface area contributed by atoms with Crippen LogP contribution in [0.1, 0.15) is 29.2 Å². The molecule has 0 spiro atoms. The highest BCUT2D eigenvalue weighted by Gasteiger charge is 2.25. The molecule has 1 N–H and O–H groups in total. The standard InChI is InChI=1S/C21H24ClN3O.ClH/c1-24-19-7-5-15(11-17(19)6-8-21(24)26)14-25-10-9-23-13-20(25)16-3-2-4-18(22)12-16;/h2-5,7,11-12,20,23H,6,8-10,13-14H2,1H3;1H. The van der Waals surface area contributed by atoms with Gasteiger partial charge in [0.05, 0.1) is 0 Å². The van der Waals surface area contributed by atoms with Gasteiger partial charge in [-0.2, -0.15) is 0 Å². The number of aryl methyl sites for hydroxylation is 1. The number of halogens is 2. The predicted octanol–water partition coefficient (Wildman–Crippen LogP) is 3.82. The molecule has 6 heteroatoms. The lowest BCUT2D eigenvalue weighted by Crippen LogP contribution is -2.45. The molecule has 1 saturated heterocycles. The van der Waals surface area contributed by atoms with Crippen LogP contribution in [0.2, 0.25) is 5.02 Å². The summed E-state index contributed by atoms with van der Waals surface area (Å²) in [7, 11) is 1.87. The highest BCUT2D eigenvalue weighted by atomic mass is 35.5. The summed E-state index contributed by atoms with van der Waals surface area (Å²) in [6.45, 7) is 3.85. The SMILES string of the molecule is CN1C(=O)CCc2cc(CN3CCNCC3c3cccc(Cl)c3)ccc21.Cl. The zero-order valence-electron chi connectivity index (χ0n) is 15.5. The molecule has 1 fully saturated rings. The maximum Gasteiger partial charge on any atom is 0.227 e. The maximum atomic E-state index is 11.9. The van der Waals surface area contributed by atoms with E-state index in [0.717, 1.165) is 43.3 Å². The van der Waals surface area contributed by atoms with Crippen LogP contribution in [0.3, 0.4) is 0 Å². The molecular formula is C21H25Cl2N3O. The van der Waals surface area contributed by atoms with Gasteiger partial charge in [0, 0.05) is 56.4 Å². The van der Waals surface area contributed by atoms with E-state index in [1.807, 2.05) is 19.2 Å². The van der Waals surface area contributed by atoms with Gasteiger partial charge >= 0.3 is 0 Å². The Hall–Kier alpha value is -1.59. The third-order valence-corrected chi connectivity index (χ3v) is 5.70. The average Bonchev–Trinajstić information content (AvgIpc) is 2.65. The zero-order valence-corrected chi connectivity index (χ0v) is 17.0. The lowest BCUT2D eigenvalue weighted by atomic mass is 9.98. The van der Waals surface area contributed by atoms with Crippen LogP contribution >= 0.6 is 24.0 Å². The van der Waals surface area contributed by atoms with Gasteiger partial charge in [-0.3, -0.25) is 9.69 Å². The molecule has 27 heavy (non-hydrogen) atoms.